The molecule has 2 heterocycles. The molecule has 0 aromatic heterocycles. The molecule has 0 amide bonds. The molecule has 0 saturated carbocycles. The van der Waals surface area contributed by atoms with Crippen molar-refractivity contribution < 1.29 is 39.1 Å². The highest BCUT2D eigenvalue weighted by atomic mass is 16.8. The number of ether oxygens (including phenoxy) is 3. The number of cyclic esters (lactones) is 1. The van der Waals surface area contributed by atoms with Gasteiger partial charge in [0.05, 0.1) is 19.1 Å². The lowest BCUT2D eigenvalue weighted by molar-refractivity contribution is -0.339. The molecule has 0 radical (unpaired) electrons. The largest absolute Gasteiger partial charge is 0.452 e. The van der Waals surface area contributed by atoms with E-state index in [1.54, 1.807) is 6.92 Å². The van der Waals surface area contributed by atoms with Gasteiger partial charge in [-0.05, 0) is 6.42 Å². The van der Waals surface area contributed by atoms with E-state index in [1.807, 2.05) is 0 Å². The van der Waals surface area contributed by atoms with Crippen molar-refractivity contribution in [3.63, 3.8) is 0 Å². The Bertz CT molecular complexity index is 612. The summed E-state index contributed by atoms with van der Waals surface area (Å²) in [6.07, 6.45) is 11.3. The van der Waals surface area contributed by atoms with Crippen molar-refractivity contribution >= 4 is 11.9 Å². The van der Waals surface area contributed by atoms with E-state index in [1.165, 1.54) is 57.8 Å². The van der Waals surface area contributed by atoms with E-state index in [0.717, 1.165) is 19.3 Å². The van der Waals surface area contributed by atoms with Crippen LogP contribution < -0.4 is 0 Å². The van der Waals surface area contributed by atoms with Crippen molar-refractivity contribution in [2.75, 3.05) is 6.61 Å². The lowest BCUT2D eigenvalue weighted by atomic mass is 9.83. The second kappa shape index (κ2) is 15.0. The Morgan fingerprint density at radius 1 is 1.03 bits per heavy atom. The van der Waals surface area contributed by atoms with E-state index in [2.05, 4.69) is 6.92 Å². The van der Waals surface area contributed by atoms with E-state index in [9.17, 15) is 24.9 Å². The van der Waals surface area contributed by atoms with Crippen LogP contribution in [0.25, 0.3) is 0 Å². The zero-order valence-corrected chi connectivity index (χ0v) is 21.1. The maximum Gasteiger partial charge on any atom is 0.380 e. The minimum absolute atomic E-state index is 0.162. The number of aliphatic hydroxyl groups is 3. The molecule has 2 rings (SSSR count). The van der Waals surface area contributed by atoms with Crippen molar-refractivity contribution in [3.8, 4) is 0 Å². The van der Waals surface area contributed by atoms with Gasteiger partial charge in [-0.25, -0.2) is 4.79 Å². The van der Waals surface area contributed by atoms with Crippen LogP contribution in [0.4, 0.5) is 0 Å². The molecule has 0 aromatic carbocycles. The van der Waals surface area contributed by atoms with Crippen molar-refractivity contribution in [1.82, 2.24) is 0 Å². The molecular weight excluding hydrogens is 440 g/mol. The highest BCUT2D eigenvalue weighted by Gasteiger charge is 2.61. The summed E-state index contributed by atoms with van der Waals surface area (Å²) >= 11 is 0. The van der Waals surface area contributed by atoms with Crippen LogP contribution in [-0.2, 0) is 23.8 Å². The summed E-state index contributed by atoms with van der Waals surface area (Å²) in [6, 6.07) is 0. The number of carbonyl (C=O) groups is 2. The standard InChI is InChI=1S/C26H46O8/c1-3-4-5-6-7-8-9-10-11-12-13-14-15-16-22(30)33-26-17-20(28)19(2)23(34-26)24(21(29)18-27)32-25(26)31/h19-21,23-24,27-29H,3-18H2,1-2H3/t19-,20+,21-,23-,24-,26+/m1/s1. The Kier molecular flexibility index (Phi) is 12.8. The molecule has 198 valence electrons. The van der Waals surface area contributed by atoms with Gasteiger partial charge in [0.15, 0.2) is 6.10 Å². The smallest absolute Gasteiger partial charge is 0.380 e. The van der Waals surface area contributed by atoms with E-state index in [-0.39, 0.29) is 12.8 Å². The fourth-order valence-corrected chi connectivity index (χ4v) is 4.86. The van der Waals surface area contributed by atoms with Crippen LogP contribution in [0.1, 0.15) is 110 Å². The van der Waals surface area contributed by atoms with E-state index in [4.69, 9.17) is 14.2 Å². The predicted octanol–water partition coefficient (Wildman–Crippen LogP) is 3.77. The van der Waals surface area contributed by atoms with Crippen molar-refractivity contribution in [2.45, 2.75) is 140 Å². The fraction of sp³-hybridized carbons (Fsp3) is 0.923. The molecule has 0 aromatic rings. The first-order chi connectivity index (χ1) is 16.3. The van der Waals surface area contributed by atoms with Crippen molar-refractivity contribution in [3.05, 3.63) is 0 Å². The predicted molar refractivity (Wildman–Crippen MR) is 127 cm³/mol. The first kappa shape index (κ1) is 29.0. The molecule has 3 N–H and O–H groups in total. The molecule has 0 unspecified atom stereocenters. The molecule has 6 atom stereocenters. The molecule has 2 aliphatic heterocycles. The Hall–Kier alpha value is -1.22. The summed E-state index contributed by atoms with van der Waals surface area (Å²) in [7, 11) is 0. The second-order valence-corrected chi connectivity index (χ2v) is 10.1. The van der Waals surface area contributed by atoms with Gasteiger partial charge in [-0.15, -0.1) is 0 Å². The normalized spacial score (nSPS) is 29.5. The summed E-state index contributed by atoms with van der Waals surface area (Å²) in [5.41, 5.74) is 0. The number of rotatable bonds is 17. The van der Waals surface area contributed by atoms with Gasteiger partial charge in [-0.1, -0.05) is 90.9 Å². The molecule has 8 heteroatoms. The monoisotopic (exact) mass is 486 g/mol. The highest BCUT2D eigenvalue weighted by molar-refractivity contribution is 5.83. The average Bonchev–Trinajstić information content (AvgIpc) is 2.81. The summed E-state index contributed by atoms with van der Waals surface area (Å²) in [5, 5.41) is 29.6. The Morgan fingerprint density at radius 2 is 1.56 bits per heavy atom. The van der Waals surface area contributed by atoms with Gasteiger partial charge in [0, 0.05) is 12.3 Å². The van der Waals surface area contributed by atoms with Gasteiger partial charge < -0.3 is 29.5 Å². The van der Waals surface area contributed by atoms with Crippen molar-refractivity contribution in [2.24, 2.45) is 5.92 Å². The Labute approximate surface area is 204 Å². The summed E-state index contributed by atoms with van der Waals surface area (Å²) in [5.74, 6) is -3.98. The van der Waals surface area contributed by atoms with Crippen LogP contribution in [-0.4, -0.2) is 64.1 Å². The average molecular weight is 487 g/mol. The van der Waals surface area contributed by atoms with Crippen LogP contribution >= 0.6 is 0 Å². The quantitative estimate of drug-likeness (QED) is 0.210. The van der Waals surface area contributed by atoms with Crippen LogP contribution in [0.5, 0.6) is 0 Å². The van der Waals surface area contributed by atoms with Gasteiger partial charge in [0.2, 0.25) is 0 Å². The van der Waals surface area contributed by atoms with E-state index in [0.29, 0.717) is 6.42 Å². The third-order valence-electron chi connectivity index (χ3n) is 7.14. The molecule has 34 heavy (non-hydrogen) atoms. The molecule has 2 aliphatic rings. The van der Waals surface area contributed by atoms with Crippen LogP contribution in [0.15, 0.2) is 0 Å². The Balaban J connectivity index is 1.64. The summed E-state index contributed by atoms with van der Waals surface area (Å²) in [4.78, 5) is 25.0. The number of hydrogen-bond donors (Lipinski definition) is 3. The summed E-state index contributed by atoms with van der Waals surface area (Å²) in [6.45, 7) is 3.32. The number of esters is 2. The fourth-order valence-electron chi connectivity index (χ4n) is 4.86. The van der Waals surface area contributed by atoms with E-state index >= 15 is 0 Å². The minimum Gasteiger partial charge on any atom is -0.452 e. The zero-order valence-electron chi connectivity index (χ0n) is 21.1. The molecule has 8 nitrogen and oxygen atoms in total. The van der Waals surface area contributed by atoms with E-state index < -0.39 is 54.7 Å². The zero-order chi connectivity index (χ0) is 25.0. The van der Waals surface area contributed by atoms with Gasteiger partial charge in [-0.3, -0.25) is 4.79 Å². The van der Waals surface area contributed by atoms with Crippen LogP contribution in [0.2, 0.25) is 0 Å². The molecular formula is C26H46O8. The Morgan fingerprint density at radius 3 is 2.09 bits per heavy atom. The molecule has 2 fully saturated rings. The SMILES string of the molecule is CCCCCCCCCCCCCCCC(=O)O[C@@]12C[C@H](O)[C@@H](C)[C@@H](O1)[C@@H]([C@H](O)CO)OC2=O. The molecule has 2 saturated heterocycles. The third kappa shape index (κ3) is 8.47. The minimum atomic E-state index is -1.99. The second-order valence-electron chi connectivity index (χ2n) is 10.1. The van der Waals surface area contributed by atoms with Gasteiger partial charge >= 0.3 is 17.7 Å². The van der Waals surface area contributed by atoms with Gasteiger partial charge in [0.25, 0.3) is 0 Å². The van der Waals surface area contributed by atoms with Crippen molar-refractivity contribution in [1.29, 1.82) is 0 Å². The maximum absolute atomic E-state index is 12.6. The number of carbonyl (C=O) groups excluding carboxylic acids is 2. The summed E-state index contributed by atoms with van der Waals surface area (Å²) < 4.78 is 16.5. The van der Waals surface area contributed by atoms with Gasteiger partial charge in [-0.2, -0.15) is 0 Å². The lowest BCUT2D eigenvalue weighted by Gasteiger charge is -2.50. The molecule has 2 bridgehead atoms. The molecule has 0 aliphatic carbocycles. The first-order valence-electron chi connectivity index (χ1n) is 13.4. The third-order valence-corrected chi connectivity index (χ3v) is 7.14. The number of fused-ring (bicyclic) bond motifs is 2. The number of aliphatic hydroxyl groups excluding tert-OH is 3. The maximum atomic E-state index is 12.6. The van der Waals surface area contributed by atoms with Crippen LogP contribution in [0, 0.1) is 5.92 Å². The number of unbranched alkanes of at least 4 members (excludes halogenated alkanes) is 12. The van der Waals surface area contributed by atoms with Gasteiger partial charge in [0.1, 0.15) is 12.2 Å². The molecule has 0 spiro atoms. The first-order valence-corrected chi connectivity index (χ1v) is 13.4. The topological polar surface area (TPSA) is 123 Å². The lowest BCUT2D eigenvalue weighted by Crippen LogP contribution is -2.67. The highest BCUT2D eigenvalue weighted by Crippen LogP contribution is 2.41. The van der Waals surface area contributed by atoms with Crippen LogP contribution in [0.3, 0.4) is 0 Å². The number of hydrogen-bond acceptors (Lipinski definition) is 8.